The van der Waals surface area contributed by atoms with Gasteiger partial charge in [-0.05, 0) is 31.3 Å². The van der Waals surface area contributed by atoms with Crippen molar-refractivity contribution in [3.8, 4) is 11.8 Å². The van der Waals surface area contributed by atoms with Crippen LogP contribution in [0.5, 0.6) is 11.8 Å². The van der Waals surface area contributed by atoms with Gasteiger partial charge in [0.15, 0.2) is 0 Å². The molecule has 0 radical (unpaired) electrons. The normalized spacial score (nSPS) is 17.8. The summed E-state index contributed by atoms with van der Waals surface area (Å²) >= 11 is 0. The molecule has 106 valence electrons. The molecule has 0 saturated carbocycles. The Balaban J connectivity index is 2.02. The fraction of sp³-hybridized carbons (Fsp3) is 0.692. The number of rotatable bonds is 5. The fourth-order valence-electron chi connectivity index (χ4n) is 2.19. The minimum atomic E-state index is 0.283. The number of methoxy groups -OCH3 is 2. The molecule has 1 aromatic heterocycles. The van der Waals surface area contributed by atoms with E-state index in [0.29, 0.717) is 17.7 Å². The van der Waals surface area contributed by atoms with E-state index in [9.17, 15) is 0 Å². The SMILES string of the molecule is COc1cc(OC)nc(NCC2(C)CCNCC2)n1. The summed E-state index contributed by atoms with van der Waals surface area (Å²) in [5.74, 6) is 1.56. The average molecular weight is 266 g/mol. The number of hydrogen-bond acceptors (Lipinski definition) is 6. The minimum Gasteiger partial charge on any atom is -0.481 e. The summed E-state index contributed by atoms with van der Waals surface area (Å²) in [5, 5.41) is 6.67. The molecule has 0 spiro atoms. The Bertz CT molecular complexity index is 397. The van der Waals surface area contributed by atoms with Gasteiger partial charge in [0.05, 0.1) is 20.3 Å². The van der Waals surface area contributed by atoms with Gasteiger partial charge in [0, 0.05) is 6.54 Å². The molecule has 0 bridgehead atoms. The van der Waals surface area contributed by atoms with E-state index in [1.165, 1.54) is 0 Å². The van der Waals surface area contributed by atoms with Gasteiger partial charge in [0.25, 0.3) is 0 Å². The van der Waals surface area contributed by atoms with Crippen molar-refractivity contribution in [3.63, 3.8) is 0 Å². The Hall–Kier alpha value is -1.56. The van der Waals surface area contributed by atoms with Crippen molar-refractivity contribution in [2.45, 2.75) is 19.8 Å². The molecule has 19 heavy (non-hydrogen) atoms. The predicted molar refractivity (Wildman–Crippen MR) is 73.8 cm³/mol. The third-order valence-electron chi connectivity index (χ3n) is 3.58. The molecule has 6 nitrogen and oxygen atoms in total. The highest BCUT2D eigenvalue weighted by molar-refractivity contribution is 5.33. The molecular formula is C13H22N4O2. The molecule has 0 amide bonds. The first-order valence-corrected chi connectivity index (χ1v) is 6.57. The van der Waals surface area contributed by atoms with Crippen molar-refractivity contribution >= 4 is 5.95 Å². The van der Waals surface area contributed by atoms with Crippen LogP contribution < -0.4 is 20.1 Å². The zero-order chi connectivity index (χ0) is 13.7. The number of ether oxygens (including phenoxy) is 2. The minimum absolute atomic E-state index is 0.283. The molecule has 0 aromatic carbocycles. The number of hydrogen-bond donors (Lipinski definition) is 2. The molecule has 1 aliphatic rings. The molecule has 1 fully saturated rings. The summed E-state index contributed by atoms with van der Waals surface area (Å²) in [7, 11) is 3.17. The van der Waals surface area contributed by atoms with Crippen LogP contribution in [-0.2, 0) is 0 Å². The third-order valence-corrected chi connectivity index (χ3v) is 3.58. The number of anilines is 1. The highest BCUT2D eigenvalue weighted by atomic mass is 16.5. The van der Waals surface area contributed by atoms with E-state index in [-0.39, 0.29) is 5.41 Å². The zero-order valence-electron chi connectivity index (χ0n) is 11.8. The highest BCUT2D eigenvalue weighted by Gasteiger charge is 2.26. The Morgan fingerprint density at radius 1 is 1.21 bits per heavy atom. The van der Waals surface area contributed by atoms with Gasteiger partial charge in [0.1, 0.15) is 0 Å². The molecule has 0 unspecified atom stereocenters. The van der Waals surface area contributed by atoms with E-state index >= 15 is 0 Å². The monoisotopic (exact) mass is 266 g/mol. The second kappa shape index (κ2) is 6.06. The van der Waals surface area contributed by atoms with Crippen LogP contribution in [0, 0.1) is 5.41 Å². The van der Waals surface area contributed by atoms with E-state index in [1.54, 1.807) is 20.3 Å². The lowest BCUT2D eigenvalue weighted by Gasteiger charge is -2.34. The van der Waals surface area contributed by atoms with Crippen molar-refractivity contribution in [3.05, 3.63) is 6.07 Å². The van der Waals surface area contributed by atoms with Gasteiger partial charge in [0.2, 0.25) is 17.7 Å². The summed E-state index contributed by atoms with van der Waals surface area (Å²) in [5.41, 5.74) is 0.283. The third kappa shape index (κ3) is 3.70. The van der Waals surface area contributed by atoms with Gasteiger partial charge < -0.3 is 20.1 Å². The van der Waals surface area contributed by atoms with Crippen molar-refractivity contribution in [1.82, 2.24) is 15.3 Å². The summed E-state index contributed by atoms with van der Waals surface area (Å²) in [6, 6.07) is 1.66. The van der Waals surface area contributed by atoms with Gasteiger partial charge in [-0.15, -0.1) is 0 Å². The molecule has 1 aromatic rings. The van der Waals surface area contributed by atoms with Crippen LogP contribution in [0.2, 0.25) is 0 Å². The first kappa shape index (κ1) is 13.9. The van der Waals surface area contributed by atoms with Crippen LogP contribution in [0.3, 0.4) is 0 Å². The average Bonchev–Trinajstić information content (AvgIpc) is 2.45. The van der Waals surface area contributed by atoms with E-state index in [1.807, 2.05) is 0 Å². The Morgan fingerprint density at radius 2 is 1.79 bits per heavy atom. The number of aromatic nitrogens is 2. The molecular weight excluding hydrogens is 244 g/mol. The lowest BCUT2D eigenvalue weighted by molar-refractivity contribution is 0.246. The van der Waals surface area contributed by atoms with E-state index < -0.39 is 0 Å². The van der Waals surface area contributed by atoms with Crippen molar-refractivity contribution in [2.24, 2.45) is 5.41 Å². The summed E-state index contributed by atoms with van der Waals surface area (Å²) in [4.78, 5) is 8.55. The van der Waals surface area contributed by atoms with Gasteiger partial charge in [-0.25, -0.2) is 0 Å². The summed E-state index contributed by atoms with van der Waals surface area (Å²) < 4.78 is 10.3. The standard InChI is InChI=1S/C13H22N4O2/c1-13(4-6-14-7-5-13)9-15-12-16-10(18-2)8-11(17-12)19-3/h8,14H,4-7,9H2,1-3H3,(H,15,16,17). The molecule has 0 atom stereocenters. The molecule has 2 N–H and O–H groups in total. The molecule has 1 saturated heterocycles. The quantitative estimate of drug-likeness (QED) is 0.837. The van der Waals surface area contributed by atoms with E-state index in [2.05, 4.69) is 27.5 Å². The van der Waals surface area contributed by atoms with Crippen molar-refractivity contribution in [2.75, 3.05) is 39.2 Å². The molecule has 2 heterocycles. The maximum atomic E-state index is 5.13. The van der Waals surface area contributed by atoms with Crippen LogP contribution >= 0.6 is 0 Å². The second-order valence-electron chi connectivity index (χ2n) is 5.19. The van der Waals surface area contributed by atoms with E-state index in [4.69, 9.17) is 9.47 Å². The molecule has 1 aliphatic heterocycles. The van der Waals surface area contributed by atoms with Gasteiger partial charge in [-0.1, -0.05) is 6.92 Å². The Kier molecular flexibility index (Phi) is 4.42. The maximum absolute atomic E-state index is 5.13. The lowest BCUT2D eigenvalue weighted by Crippen LogP contribution is -2.39. The predicted octanol–water partition coefficient (Wildman–Crippen LogP) is 1.30. The fourth-order valence-corrected chi connectivity index (χ4v) is 2.19. The van der Waals surface area contributed by atoms with Crippen LogP contribution in [0.1, 0.15) is 19.8 Å². The Labute approximate surface area is 113 Å². The molecule has 0 aliphatic carbocycles. The van der Waals surface area contributed by atoms with Gasteiger partial charge >= 0.3 is 0 Å². The van der Waals surface area contributed by atoms with Crippen LogP contribution in [0.25, 0.3) is 0 Å². The Morgan fingerprint density at radius 3 is 2.32 bits per heavy atom. The highest BCUT2D eigenvalue weighted by Crippen LogP contribution is 2.28. The van der Waals surface area contributed by atoms with Crippen molar-refractivity contribution in [1.29, 1.82) is 0 Å². The maximum Gasteiger partial charge on any atom is 0.229 e. The number of nitrogens with one attached hydrogen (secondary N) is 2. The van der Waals surface area contributed by atoms with Gasteiger partial charge in [-0.2, -0.15) is 9.97 Å². The smallest absolute Gasteiger partial charge is 0.229 e. The second-order valence-corrected chi connectivity index (χ2v) is 5.19. The van der Waals surface area contributed by atoms with Crippen molar-refractivity contribution < 1.29 is 9.47 Å². The first-order chi connectivity index (χ1) is 9.15. The molecule has 6 heteroatoms. The van der Waals surface area contributed by atoms with Crippen LogP contribution in [0.15, 0.2) is 6.07 Å². The first-order valence-electron chi connectivity index (χ1n) is 6.57. The van der Waals surface area contributed by atoms with Crippen LogP contribution in [0.4, 0.5) is 5.95 Å². The summed E-state index contributed by atoms with van der Waals surface area (Å²) in [6.07, 6.45) is 2.31. The van der Waals surface area contributed by atoms with Crippen LogP contribution in [-0.4, -0.2) is 43.8 Å². The van der Waals surface area contributed by atoms with E-state index in [0.717, 1.165) is 32.5 Å². The summed E-state index contributed by atoms with van der Waals surface area (Å²) in [6.45, 7) is 5.28. The largest absolute Gasteiger partial charge is 0.481 e. The lowest BCUT2D eigenvalue weighted by atomic mass is 9.81. The number of piperidine rings is 1. The zero-order valence-corrected chi connectivity index (χ0v) is 11.8. The van der Waals surface area contributed by atoms with Gasteiger partial charge in [-0.3, -0.25) is 0 Å². The topological polar surface area (TPSA) is 68.3 Å². The number of nitrogens with zero attached hydrogens (tertiary/aromatic N) is 2. The molecule has 2 rings (SSSR count).